The molecule has 1 saturated heterocycles. The number of hydrogen-bond acceptors (Lipinski definition) is 4. The van der Waals surface area contributed by atoms with Crippen LogP contribution in [0.5, 0.6) is 0 Å². The summed E-state index contributed by atoms with van der Waals surface area (Å²) in [5.74, 6) is 0. The van der Waals surface area contributed by atoms with E-state index in [2.05, 4.69) is 36.0 Å². The molecule has 2 rings (SSSR count). The third kappa shape index (κ3) is 2.62. The summed E-state index contributed by atoms with van der Waals surface area (Å²) in [5.41, 5.74) is 3.10. The standard InChI is InChI=1S/C10H17N3S.ClH/c1-7-5-13(8(2)4-11-7)10-9(3)12-6-14-10;/h6-8,11H,4-5H2,1-3H3;1H/t7-,8-;/m1./s1. The van der Waals surface area contributed by atoms with Crippen LogP contribution in [0, 0.1) is 6.92 Å². The van der Waals surface area contributed by atoms with Crippen molar-refractivity contribution in [1.29, 1.82) is 0 Å². The van der Waals surface area contributed by atoms with Crippen molar-refractivity contribution in [3.8, 4) is 0 Å². The minimum atomic E-state index is 0. The molecular weight excluding hydrogens is 230 g/mol. The van der Waals surface area contributed by atoms with E-state index < -0.39 is 0 Å². The van der Waals surface area contributed by atoms with Crippen LogP contribution in [0.25, 0.3) is 0 Å². The summed E-state index contributed by atoms with van der Waals surface area (Å²) in [6.45, 7) is 8.74. The molecule has 2 heterocycles. The summed E-state index contributed by atoms with van der Waals surface area (Å²) < 4.78 is 0. The maximum atomic E-state index is 4.31. The molecule has 1 aliphatic rings. The van der Waals surface area contributed by atoms with E-state index in [1.54, 1.807) is 11.3 Å². The van der Waals surface area contributed by atoms with E-state index in [1.807, 2.05) is 5.51 Å². The summed E-state index contributed by atoms with van der Waals surface area (Å²) in [5, 5.41) is 4.82. The number of piperazine rings is 1. The molecule has 0 aromatic carbocycles. The topological polar surface area (TPSA) is 28.2 Å². The fraction of sp³-hybridized carbons (Fsp3) is 0.700. The summed E-state index contributed by atoms with van der Waals surface area (Å²) in [4.78, 5) is 6.77. The van der Waals surface area contributed by atoms with E-state index in [9.17, 15) is 0 Å². The summed E-state index contributed by atoms with van der Waals surface area (Å²) in [7, 11) is 0. The lowest BCUT2D eigenvalue weighted by molar-refractivity contribution is 0.426. The zero-order valence-electron chi connectivity index (χ0n) is 9.36. The molecule has 0 radical (unpaired) electrons. The number of aryl methyl sites for hydroxylation is 1. The molecule has 5 heteroatoms. The van der Waals surface area contributed by atoms with Crippen molar-refractivity contribution >= 4 is 28.7 Å². The summed E-state index contributed by atoms with van der Waals surface area (Å²) in [6.07, 6.45) is 0. The third-order valence-electron chi connectivity index (χ3n) is 2.75. The molecule has 1 aromatic rings. The van der Waals surface area contributed by atoms with Crippen LogP contribution in [0.2, 0.25) is 0 Å². The van der Waals surface area contributed by atoms with Gasteiger partial charge in [0, 0.05) is 25.2 Å². The van der Waals surface area contributed by atoms with Crippen molar-refractivity contribution in [2.45, 2.75) is 32.9 Å². The Hall–Kier alpha value is -0.320. The van der Waals surface area contributed by atoms with Crippen LogP contribution in [0.15, 0.2) is 5.51 Å². The first-order valence-corrected chi connectivity index (χ1v) is 5.96. The van der Waals surface area contributed by atoms with E-state index in [1.165, 1.54) is 5.00 Å². The number of halogens is 1. The first-order chi connectivity index (χ1) is 6.68. The molecule has 0 bridgehead atoms. The smallest absolute Gasteiger partial charge is 0.114 e. The molecule has 15 heavy (non-hydrogen) atoms. The normalized spacial score (nSPS) is 26.2. The Balaban J connectivity index is 0.00000112. The molecule has 1 fully saturated rings. The molecule has 1 aromatic heterocycles. The zero-order chi connectivity index (χ0) is 10.1. The predicted octanol–water partition coefficient (Wildman–Crippen LogP) is 2.06. The van der Waals surface area contributed by atoms with E-state index in [4.69, 9.17) is 0 Å². The van der Waals surface area contributed by atoms with Gasteiger partial charge in [0.25, 0.3) is 0 Å². The molecule has 86 valence electrons. The first-order valence-electron chi connectivity index (χ1n) is 5.08. The Morgan fingerprint density at radius 3 is 2.87 bits per heavy atom. The highest BCUT2D eigenvalue weighted by molar-refractivity contribution is 7.14. The highest BCUT2D eigenvalue weighted by atomic mass is 35.5. The van der Waals surface area contributed by atoms with Crippen molar-refractivity contribution in [3.63, 3.8) is 0 Å². The fourth-order valence-corrected chi connectivity index (χ4v) is 2.80. The maximum Gasteiger partial charge on any atom is 0.114 e. The van der Waals surface area contributed by atoms with Crippen LogP contribution in [-0.4, -0.2) is 30.2 Å². The van der Waals surface area contributed by atoms with Crippen LogP contribution in [0.3, 0.4) is 0 Å². The van der Waals surface area contributed by atoms with E-state index in [0.717, 1.165) is 18.8 Å². The van der Waals surface area contributed by atoms with Gasteiger partial charge in [0.2, 0.25) is 0 Å². The molecule has 0 amide bonds. The van der Waals surface area contributed by atoms with Gasteiger partial charge in [-0.15, -0.1) is 23.7 Å². The van der Waals surface area contributed by atoms with Gasteiger partial charge in [0.05, 0.1) is 11.2 Å². The number of aromatic nitrogens is 1. The minimum absolute atomic E-state index is 0. The van der Waals surface area contributed by atoms with Gasteiger partial charge in [-0.05, 0) is 20.8 Å². The van der Waals surface area contributed by atoms with Crippen molar-refractivity contribution in [2.24, 2.45) is 0 Å². The van der Waals surface area contributed by atoms with E-state index in [-0.39, 0.29) is 12.4 Å². The Morgan fingerprint density at radius 1 is 1.53 bits per heavy atom. The van der Waals surface area contributed by atoms with Gasteiger partial charge in [-0.1, -0.05) is 0 Å². The van der Waals surface area contributed by atoms with Gasteiger partial charge in [-0.3, -0.25) is 0 Å². The molecule has 0 spiro atoms. The lowest BCUT2D eigenvalue weighted by Crippen LogP contribution is -2.54. The first kappa shape index (κ1) is 12.7. The lowest BCUT2D eigenvalue weighted by Gasteiger charge is -2.38. The van der Waals surface area contributed by atoms with Crippen molar-refractivity contribution < 1.29 is 0 Å². The van der Waals surface area contributed by atoms with Crippen molar-refractivity contribution in [3.05, 3.63) is 11.2 Å². The molecule has 1 aliphatic heterocycles. The highest BCUT2D eigenvalue weighted by Crippen LogP contribution is 2.27. The average Bonchev–Trinajstić information content (AvgIpc) is 2.56. The van der Waals surface area contributed by atoms with Gasteiger partial charge < -0.3 is 10.2 Å². The van der Waals surface area contributed by atoms with E-state index in [0.29, 0.717) is 12.1 Å². The van der Waals surface area contributed by atoms with Crippen molar-refractivity contribution in [2.75, 3.05) is 18.0 Å². The van der Waals surface area contributed by atoms with E-state index >= 15 is 0 Å². The fourth-order valence-electron chi connectivity index (χ4n) is 1.88. The monoisotopic (exact) mass is 247 g/mol. The van der Waals surface area contributed by atoms with Gasteiger partial charge in [0.15, 0.2) is 0 Å². The number of nitrogens with zero attached hydrogens (tertiary/aromatic N) is 2. The highest BCUT2D eigenvalue weighted by Gasteiger charge is 2.24. The minimum Gasteiger partial charge on any atom is -0.356 e. The number of hydrogen-bond donors (Lipinski definition) is 1. The Morgan fingerprint density at radius 2 is 2.27 bits per heavy atom. The van der Waals surface area contributed by atoms with Gasteiger partial charge >= 0.3 is 0 Å². The average molecular weight is 248 g/mol. The summed E-state index contributed by atoms with van der Waals surface area (Å²) in [6, 6.07) is 1.15. The molecule has 1 N–H and O–H groups in total. The Bertz CT molecular complexity index is 315. The van der Waals surface area contributed by atoms with Crippen molar-refractivity contribution in [1.82, 2.24) is 10.3 Å². The molecule has 2 atom stereocenters. The second-order valence-electron chi connectivity index (χ2n) is 4.05. The summed E-state index contributed by atoms with van der Waals surface area (Å²) >= 11 is 1.75. The predicted molar refractivity (Wildman–Crippen MR) is 68.4 cm³/mol. The number of anilines is 1. The lowest BCUT2D eigenvalue weighted by atomic mass is 10.1. The second-order valence-corrected chi connectivity index (χ2v) is 4.89. The van der Waals surface area contributed by atoms with Gasteiger partial charge in [0.1, 0.15) is 5.00 Å². The third-order valence-corrected chi connectivity index (χ3v) is 3.71. The maximum absolute atomic E-state index is 4.31. The molecule has 0 aliphatic carbocycles. The molecular formula is C10H18ClN3S. The van der Waals surface area contributed by atoms with Gasteiger partial charge in [-0.25, -0.2) is 4.98 Å². The van der Waals surface area contributed by atoms with Crippen LogP contribution in [0.4, 0.5) is 5.00 Å². The van der Waals surface area contributed by atoms with Crippen LogP contribution in [-0.2, 0) is 0 Å². The van der Waals surface area contributed by atoms with Crippen LogP contribution in [0.1, 0.15) is 19.5 Å². The second kappa shape index (κ2) is 5.14. The largest absolute Gasteiger partial charge is 0.356 e. The molecule has 3 nitrogen and oxygen atoms in total. The SMILES string of the molecule is Cc1ncsc1N1C[C@@H](C)NC[C@H]1C.Cl. The molecule has 0 unspecified atom stereocenters. The van der Waals surface area contributed by atoms with Gasteiger partial charge in [-0.2, -0.15) is 0 Å². The zero-order valence-corrected chi connectivity index (χ0v) is 11.0. The number of nitrogens with one attached hydrogen (secondary N) is 1. The number of rotatable bonds is 1. The van der Waals surface area contributed by atoms with Crippen LogP contribution < -0.4 is 10.2 Å². The van der Waals surface area contributed by atoms with Crippen LogP contribution >= 0.6 is 23.7 Å². The molecule has 0 saturated carbocycles. The Labute approximate surface area is 101 Å². The quantitative estimate of drug-likeness (QED) is 0.824. The number of thiazole rings is 1. The Kier molecular flexibility index (Phi) is 4.37.